The lowest BCUT2D eigenvalue weighted by Gasteiger charge is -2.26. The third-order valence-corrected chi connectivity index (χ3v) is 3.22. The lowest BCUT2D eigenvalue weighted by Crippen LogP contribution is -2.35. The number of hydrogen-bond donors (Lipinski definition) is 2. The summed E-state index contributed by atoms with van der Waals surface area (Å²) < 4.78 is 5.41. The van der Waals surface area contributed by atoms with Crippen molar-refractivity contribution in [2.75, 3.05) is 18.5 Å². The molecule has 1 aromatic heterocycles. The molecule has 1 aromatic rings. The fraction of sp³-hybridized carbons (Fsp3) is 0.692. The molecule has 0 aliphatic rings. The number of anilines is 1. The largest absolute Gasteiger partial charge is 0.478 e. The summed E-state index contributed by atoms with van der Waals surface area (Å²) in [6.45, 7) is 8.83. The van der Waals surface area contributed by atoms with Gasteiger partial charge in [-0.25, -0.2) is 9.97 Å². The van der Waals surface area contributed by atoms with Crippen LogP contribution in [0.1, 0.15) is 39.2 Å². The maximum Gasteiger partial charge on any atom is 0.221 e. The van der Waals surface area contributed by atoms with Gasteiger partial charge in [0.1, 0.15) is 12.1 Å². The quantitative estimate of drug-likeness (QED) is 0.779. The Morgan fingerprint density at radius 2 is 1.94 bits per heavy atom. The van der Waals surface area contributed by atoms with Gasteiger partial charge in [0.2, 0.25) is 5.88 Å². The average molecular weight is 253 g/mol. The van der Waals surface area contributed by atoms with Crippen LogP contribution in [-0.2, 0) is 0 Å². The van der Waals surface area contributed by atoms with Crippen LogP contribution in [0.2, 0.25) is 0 Å². The summed E-state index contributed by atoms with van der Waals surface area (Å²) in [5, 5.41) is 13.4. The molecule has 0 spiro atoms. The number of nitrogens with zero attached hydrogens (tertiary/aromatic N) is 2. The van der Waals surface area contributed by atoms with E-state index in [1.54, 1.807) is 0 Å². The number of aromatic nitrogens is 2. The maximum atomic E-state index is 10.2. The molecule has 0 bridgehead atoms. The predicted molar refractivity (Wildman–Crippen MR) is 72.0 cm³/mol. The van der Waals surface area contributed by atoms with E-state index in [2.05, 4.69) is 15.3 Å². The molecule has 2 N–H and O–H groups in total. The Hall–Kier alpha value is -1.36. The second-order valence-corrected chi connectivity index (χ2v) is 4.37. The molecule has 0 amide bonds. The summed E-state index contributed by atoms with van der Waals surface area (Å²) in [5.41, 5.74) is 0.178. The van der Waals surface area contributed by atoms with Gasteiger partial charge in [-0.3, -0.25) is 0 Å². The molecule has 1 rings (SSSR count). The minimum Gasteiger partial charge on any atom is -0.478 e. The van der Waals surface area contributed by atoms with E-state index in [1.807, 2.05) is 27.7 Å². The Kier molecular flexibility index (Phi) is 5.34. The minimum atomic E-state index is -0.691. The van der Waals surface area contributed by atoms with E-state index in [1.165, 1.54) is 6.33 Å². The van der Waals surface area contributed by atoms with Crippen LogP contribution in [0.25, 0.3) is 0 Å². The van der Waals surface area contributed by atoms with Crippen molar-refractivity contribution < 1.29 is 9.84 Å². The molecule has 0 atom stereocenters. The van der Waals surface area contributed by atoms with Gasteiger partial charge in [0.25, 0.3) is 0 Å². The molecule has 0 saturated carbocycles. The number of nitrogens with one attached hydrogen (secondary N) is 1. The van der Waals surface area contributed by atoms with Crippen LogP contribution in [0.3, 0.4) is 0 Å². The molecule has 0 aliphatic heterocycles. The molecule has 18 heavy (non-hydrogen) atoms. The van der Waals surface area contributed by atoms with Crippen LogP contribution in [0, 0.1) is 6.92 Å². The Labute approximate surface area is 109 Å². The first-order chi connectivity index (χ1) is 8.56. The summed E-state index contributed by atoms with van der Waals surface area (Å²) in [7, 11) is 0. The highest BCUT2D eigenvalue weighted by molar-refractivity contribution is 5.47. The van der Waals surface area contributed by atoms with Gasteiger partial charge in [0.05, 0.1) is 17.8 Å². The molecule has 0 aliphatic carbocycles. The van der Waals surface area contributed by atoms with E-state index in [0.29, 0.717) is 37.7 Å². The van der Waals surface area contributed by atoms with Crippen molar-refractivity contribution in [3.05, 3.63) is 11.9 Å². The van der Waals surface area contributed by atoms with E-state index in [9.17, 15) is 5.11 Å². The molecule has 0 aromatic carbocycles. The van der Waals surface area contributed by atoms with Gasteiger partial charge in [-0.05, 0) is 26.7 Å². The highest BCUT2D eigenvalue weighted by Crippen LogP contribution is 2.22. The van der Waals surface area contributed by atoms with Gasteiger partial charge in [-0.2, -0.15) is 0 Å². The zero-order valence-corrected chi connectivity index (χ0v) is 11.7. The van der Waals surface area contributed by atoms with Crippen LogP contribution < -0.4 is 10.1 Å². The van der Waals surface area contributed by atoms with Gasteiger partial charge in [-0.1, -0.05) is 13.8 Å². The van der Waals surface area contributed by atoms with Crippen molar-refractivity contribution >= 4 is 5.82 Å². The number of hydrogen-bond acceptors (Lipinski definition) is 5. The maximum absolute atomic E-state index is 10.2. The molecule has 0 radical (unpaired) electrons. The first-order valence-electron chi connectivity index (χ1n) is 6.47. The van der Waals surface area contributed by atoms with Crippen molar-refractivity contribution in [1.82, 2.24) is 9.97 Å². The Morgan fingerprint density at radius 3 is 2.50 bits per heavy atom. The molecule has 5 heteroatoms. The van der Waals surface area contributed by atoms with E-state index < -0.39 is 5.60 Å². The first kappa shape index (κ1) is 14.7. The highest BCUT2D eigenvalue weighted by Gasteiger charge is 2.22. The zero-order valence-electron chi connectivity index (χ0n) is 11.7. The Bertz CT molecular complexity index is 378. The predicted octanol–water partition coefficient (Wildman–Crippen LogP) is 2.15. The summed E-state index contributed by atoms with van der Waals surface area (Å²) in [6.07, 6.45) is 2.88. The van der Waals surface area contributed by atoms with Crippen molar-refractivity contribution in [2.24, 2.45) is 0 Å². The van der Waals surface area contributed by atoms with Crippen LogP contribution >= 0.6 is 0 Å². The van der Waals surface area contributed by atoms with Crippen LogP contribution in [-0.4, -0.2) is 33.8 Å². The summed E-state index contributed by atoms with van der Waals surface area (Å²) >= 11 is 0. The monoisotopic (exact) mass is 253 g/mol. The third kappa shape index (κ3) is 3.57. The van der Waals surface area contributed by atoms with Gasteiger partial charge in [0.15, 0.2) is 0 Å². The summed E-state index contributed by atoms with van der Waals surface area (Å²) in [6, 6.07) is 0. The average Bonchev–Trinajstić information content (AvgIpc) is 2.39. The molecule has 1 heterocycles. The number of aliphatic hydroxyl groups is 1. The lowest BCUT2D eigenvalue weighted by atomic mass is 9.97. The Morgan fingerprint density at radius 1 is 1.28 bits per heavy atom. The normalized spacial score (nSPS) is 11.4. The van der Waals surface area contributed by atoms with E-state index >= 15 is 0 Å². The third-order valence-electron chi connectivity index (χ3n) is 3.22. The molecular formula is C13H23N3O2. The number of ether oxygens (including phenoxy) is 1. The van der Waals surface area contributed by atoms with Gasteiger partial charge in [0, 0.05) is 6.54 Å². The zero-order chi connectivity index (χ0) is 13.6. The fourth-order valence-electron chi connectivity index (χ4n) is 1.64. The van der Waals surface area contributed by atoms with Crippen LogP contribution in [0.4, 0.5) is 5.82 Å². The molecule has 5 nitrogen and oxygen atoms in total. The molecule has 0 fully saturated rings. The van der Waals surface area contributed by atoms with Crippen LogP contribution in [0.5, 0.6) is 5.88 Å². The summed E-state index contributed by atoms with van der Waals surface area (Å²) in [5.74, 6) is 1.31. The SMILES string of the molecule is CCOc1ncnc(NCC(O)(CC)CC)c1C. The Balaban J connectivity index is 2.76. The summed E-state index contributed by atoms with van der Waals surface area (Å²) in [4.78, 5) is 8.26. The van der Waals surface area contributed by atoms with Crippen molar-refractivity contribution in [3.63, 3.8) is 0 Å². The van der Waals surface area contributed by atoms with Crippen molar-refractivity contribution in [1.29, 1.82) is 0 Å². The fourth-order valence-corrected chi connectivity index (χ4v) is 1.64. The smallest absolute Gasteiger partial charge is 0.221 e. The van der Waals surface area contributed by atoms with E-state index in [0.717, 1.165) is 5.56 Å². The molecule has 0 unspecified atom stereocenters. The molecule has 102 valence electrons. The van der Waals surface area contributed by atoms with Crippen LogP contribution in [0.15, 0.2) is 6.33 Å². The second kappa shape index (κ2) is 6.54. The highest BCUT2D eigenvalue weighted by atomic mass is 16.5. The topological polar surface area (TPSA) is 67.3 Å². The first-order valence-corrected chi connectivity index (χ1v) is 6.47. The van der Waals surface area contributed by atoms with Crippen molar-refractivity contribution in [2.45, 2.75) is 46.1 Å². The van der Waals surface area contributed by atoms with Gasteiger partial charge in [-0.15, -0.1) is 0 Å². The van der Waals surface area contributed by atoms with Crippen molar-refractivity contribution in [3.8, 4) is 5.88 Å². The minimum absolute atomic E-state index is 0.476. The number of rotatable bonds is 7. The molecule has 0 saturated heterocycles. The molecular weight excluding hydrogens is 230 g/mol. The lowest BCUT2D eigenvalue weighted by molar-refractivity contribution is 0.0456. The van der Waals surface area contributed by atoms with E-state index in [-0.39, 0.29) is 0 Å². The standard InChI is InChI=1S/C13H23N3O2/c1-5-13(17,6-2)8-14-11-10(4)12(18-7-3)16-9-15-11/h9,17H,5-8H2,1-4H3,(H,14,15,16). The second-order valence-electron chi connectivity index (χ2n) is 4.37. The van der Waals surface area contributed by atoms with Gasteiger partial charge < -0.3 is 15.2 Å². The van der Waals surface area contributed by atoms with E-state index in [4.69, 9.17) is 4.74 Å². The van der Waals surface area contributed by atoms with Gasteiger partial charge >= 0.3 is 0 Å².